The average molecular weight is 474 g/mol. The van der Waals surface area contributed by atoms with E-state index in [9.17, 15) is 14.7 Å². The minimum Gasteiger partial charge on any atom is -0.494 e. The molecule has 35 heavy (non-hydrogen) atoms. The quantitative estimate of drug-likeness (QED) is 0.449. The topological polar surface area (TPSA) is 75.6 Å². The molecule has 3 aliphatic rings. The third-order valence-corrected chi connectivity index (χ3v) is 6.92. The fourth-order valence-electron chi connectivity index (χ4n) is 5.00. The summed E-state index contributed by atoms with van der Waals surface area (Å²) in [6.45, 7) is 4.43. The molecule has 1 aromatic carbocycles. The number of hydrogen-bond donors (Lipinski definition) is 2. The van der Waals surface area contributed by atoms with Crippen LogP contribution >= 0.6 is 0 Å². The van der Waals surface area contributed by atoms with E-state index in [4.69, 9.17) is 4.74 Å². The third kappa shape index (κ3) is 6.21. The Labute approximate surface area is 208 Å². The van der Waals surface area contributed by atoms with Crippen molar-refractivity contribution in [1.82, 2.24) is 5.32 Å². The van der Waals surface area contributed by atoms with Gasteiger partial charge in [-0.25, -0.2) is 0 Å². The fourth-order valence-corrected chi connectivity index (χ4v) is 5.00. The van der Waals surface area contributed by atoms with Crippen LogP contribution in [-0.2, 0) is 22.6 Å². The summed E-state index contributed by atoms with van der Waals surface area (Å²) < 4.78 is 6.00. The molecular weight excluding hydrogens is 438 g/mol. The Morgan fingerprint density at radius 3 is 2.80 bits per heavy atom. The third-order valence-electron chi connectivity index (χ3n) is 6.92. The van der Waals surface area contributed by atoms with Gasteiger partial charge in [0.2, 0.25) is 0 Å². The van der Waals surface area contributed by atoms with Gasteiger partial charge in [-0.2, -0.15) is 0 Å². The van der Waals surface area contributed by atoms with Gasteiger partial charge in [-0.3, -0.25) is 9.59 Å². The molecule has 0 spiro atoms. The van der Waals surface area contributed by atoms with E-state index in [0.717, 1.165) is 48.1 Å². The van der Waals surface area contributed by atoms with E-state index in [1.54, 1.807) is 0 Å². The maximum Gasteiger partial charge on any atom is 0.303 e. The van der Waals surface area contributed by atoms with Crippen molar-refractivity contribution in [1.29, 1.82) is 0 Å². The minimum atomic E-state index is -0.879. The lowest BCUT2D eigenvalue weighted by molar-refractivity contribution is -0.136. The average Bonchev–Trinajstić information content (AvgIpc) is 2.86. The molecule has 5 nitrogen and oxygen atoms in total. The van der Waals surface area contributed by atoms with E-state index in [1.807, 2.05) is 38.1 Å². The first-order valence-corrected chi connectivity index (χ1v) is 12.6. The molecule has 0 radical (unpaired) electrons. The van der Waals surface area contributed by atoms with Gasteiger partial charge in [0.05, 0.1) is 11.3 Å². The molecule has 1 atom stereocenters. The number of fused-ring (bicyclic) bond motifs is 1. The molecule has 0 saturated heterocycles. The van der Waals surface area contributed by atoms with Crippen molar-refractivity contribution in [3.8, 4) is 0 Å². The summed E-state index contributed by atoms with van der Waals surface area (Å²) in [5.74, 6) is 0.265. The van der Waals surface area contributed by atoms with Gasteiger partial charge < -0.3 is 15.2 Å². The van der Waals surface area contributed by atoms with Crippen LogP contribution in [0.5, 0.6) is 0 Å². The zero-order valence-corrected chi connectivity index (χ0v) is 20.7. The van der Waals surface area contributed by atoms with Crippen molar-refractivity contribution in [2.45, 2.75) is 70.9 Å². The lowest BCUT2D eigenvalue weighted by Gasteiger charge is -2.34. The highest BCUT2D eigenvalue weighted by molar-refractivity contribution is 5.96. The van der Waals surface area contributed by atoms with Crippen molar-refractivity contribution in [2.75, 3.05) is 0 Å². The Hall–Kier alpha value is -3.34. The maximum atomic E-state index is 13.6. The lowest BCUT2D eigenvalue weighted by Crippen LogP contribution is -2.46. The van der Waals surface area contributed by atoms with Crippen LogP contribution < -0.4 is 5.32 Å². The Kier molecular flexibility index (Phi) is 7.74. The van der Waals surface area contributed by atoms with Crippen LogP contribution in [0.1, 0.15) is 73.9 Å². The van der Waals surface area contributed by atoms with Gasteiger partial charge in [-0.15, -0.1) is 0 Å². The summed E-state index contributed by atoms with van der Waals surface area (Å²) in [6, 6.07) is 5.65. The largest absolute Gasteiger partial charge is 0.494 e. The van der Waals surface area contributed by atoms with Gasteiger partial charge >= 0.3 is 5.97 Å². The smallest absolute Gasteiger partial charge is 0.303 e. The zero-order valence-electron chi connectivity index (χ0n) is 20.7. The molecule has 0 aliphatic heterocycles. The van der Waals surface area contributed by atoms with Crippen LogP contribution in [0.25, 0.3) is 0 Å². The molecule has 3 aliphatic carbocycles. The SMILES string of the molecule is CC(C)(NC(=O)c1cc(COC2=CCCCC2)ccc1CCC(=O)O)C1=C2C=CC=CC2CC=C1. The number of allylic oxidation sites excluding steroid dienone is 8. The second-order valence-electron chi connectivity index (χ2n) is 10.0. The number of benzene rings is 1. The molecule has 2 N–H and O–H groups in total. The highest BCUT2D eigenvalue weighted by atomic mass is 16.5. The molecule has 5 heteroatoms. The molecular formula is C30H35NO4. The summed E-state index contributed by atoms with van der Waals surface area (Å²) >= 11 is 0. The van der Waals surface area contributed by atoms with E-state index in [0.29, 0.717) is 24.5 Å². The molecule has 0 bridgehead atoms. The number of ether oxygens (including phenoxy) is 1. The molecule has 1 amide bonds. The normalized spacial score (nSPS) is 19.3. The molecule has 1 aromatic rings. The zero-order chi connectivity index (χ0) is 24.8. The van der Waals surface area contributed by atoms with Crippen molar-refractivity contribution >= 4 is 11.9 Å². The molecule has 0 heterocycles. The van der Waals surface area contributed by atoms with Crippen LogP contribution in [0, 0.1) is 5.92 Å². The molecule has 0 fully saturated rings. The van der Waals surface area contributed by atoms with E-state index < -0.39 is 11.5 Å². The van der Waals surface area contributed by atoms with E-state index in [-0.39, 0.29) is 12.3 Å². The number of carbonyl (C=O) groups excluding carboxylic acids is 1. The monoisotopic (exact) mass is 473 g/mol. The Morgan fingerprint density at radius 2 is 2.03 bits per heavy atom. The predicted molar refractivity (Wildman–Crippen MR) is 138 cm³/mol. The standard InChI is InChI=1S/C30H35NO4/c1-30(2,27-14-8-10-22-9-6-7-13-25(22)27)31-29(34)26-19-21(15-16-23(26)17-18-28(32)33)20-35-24-11-4-3-5-12-24/h6-9,11,13-16,19,22H,3-5,10,12,17-18,20H2,1-2H3,(H,31,34)(H,32,33). The maximum absolute atomic E-state index is 13.6. The second kappa shape index (κ2) is 10.9. The number of nitrogens with one attached hydrogen (secondary N) is 1. The Balaban J connectivity index is 1.57. The van der Waals surface area contributed by atoms with E-state index in [2.05, 4.69) is 41.8 Å². The van der Waals surface area contributed by atoms with Gasteiger partial charge in [-0.05, 0) is 80.4 Å². The number of carboxylic acid groups (broad SMARTS) is 1. The van der Waals surface area contributed by atoms with Crippen molar-refractivity contribution in [3.05, 3.63) is 94.3 Å². The number of hydrogen-bond acceptors (Lipinski definition) is 3. The summed E-state index contributed by atoms with van der Waals surface area (Å²) in [4.78, 5) is 24.8. The number of aliphatic carboxylic acids is 1. The van der Waals surface area contributed by atoms with Crippen molar-refractivity contribution < 1.29 is 19.4 Å². The number of carboxylic acids is 1. The molecule has 184 valence electrons. The highest BCUT2D eigenvalue weighted by Gasteiger charge is 2.31. The number of carbonyl (C=O) groups is 2. The van der Waals surface area contributed by atoms with E-state index in [1.165, 1.54) is 12.0 Å². The molecule has 4 rings (SSSR count). The summed E-state index contributed by atoms with van der Waals surface area (Å²) in [5.41, 5.74) is 3.88. The molecule has 1 unspecified atom stereocenters. The summed E-state index contributed by atoms with van der Waals surface area (Å²) in [5, 5.41) is 12.4. The van der Waals surface area contributed by atoms with E-state index >= 15 is 0 Å². The number of rotatable bonds is 9. The predicted octanol–water partition coefficient (Wildman–Crippen LogP) is 6.19. The van der Waals surface area contributed by atoms with Gasteiger partial charge in [-0.1, -0.05) is 48.6 Å². The van der Waals surface area contributed by atoms with Crippen molar-refractivity contribution in [2.24, 2.45) is 5.92 Å². The molecule has 0 aromatic heterocycles. The lowest BCUT2D eigenvalue weighted by atomic mass is 9.77. The van der Waals surface area contributed by atoms with Crippen molar-refractivity contribution in [3.63, 3.8) is 0 Å². The Bertz CT molecular complexity index is 1130. The van der Waals surface area contributed by atoms with Crippen LogP contribution in [0.4, 0.5) is 0 Å². The van der Waals surface area contributed by atoms with Gasteiger partial charge in [0.25, 0.3) is 5.91 Å². The van der Waals surface area contributed by atoms with Crippen LogP contribution in [0.3, 0.4) is 0 Å². The van der Waals surface area contributed by atoms with Gasteiger partial charge in [0.15, 0.2) is 0 Å². The highest BCUT2D eigenvalue weighted by Crippen LogP contribution is 2.35. The summed E-state index contributed by atoms with van der Waals surface area (Å²) in [6.07, 6.45) is 20.4. The first-order chi connectivity index (χ1) is 16.8. The molecule has 0 saturated carbocycles. The van der Waals surface area contributed by atoms with Crippen LogP contribution in [0.15, 0.2) is 77.6 Å². The number of amides is 1. The first kappa shape index (κ1) is 24.8. The van der Waals surface area contributed by atoms with Crippen LogP contribution in [-0.4, -0.2) is 22.5 Å². The minimum absolute atomic E-state index is 0.0246. The summed E-state index contributed by atoms with van der Waals surface area (Å²) in [7, 11) is 0. The van der Waals surface area contributed by atoms with Gasteiger partial charge in [0, 0.05) is 24.3 Å². The Morgan fingerprint density at radius 1 is 1.17 bits per heavy atom. The van der Waals surface area contributed by atoms with Crippen LogP contribution in [0.2, 0.25) is 0 Å². The van der Waals surface area contributed by atoms with Gasteiger partial charge in [0.1, 0.15) is 6.61 Å². The first-order valence-electron chi connectivity index (χ1n) is 12.6. The fraction of sp³-hybridized carbons (Fsp3) is 0.400. The number of aryl methyl sites for hydroxylation is 1. The second-order valence-corrected chi connectivity index (χ2v) is 10.0.